The fourth-order valence-electron chi connectivity index (χ4n) is 7.35. The summed E-state index contributed by atoms with van der Waals surface area (Å²) in [6, 6.07) is 52.7. The Hall–Kier alpha value is -6.16. The molecule has 0 N–H and O–H groups in total. The van der Waals surface area contributed by atoms with Crippen molar-refractivity contribution in [1.29, 1.82) is 0 Å². The maximum atomic E-state index is 4.19. The second-order valence-corrected chi connectivity index (χ2v) is 14.2. The van der Waals surface area contributed by atoms with Crippen molar-refractivity contribution in [3.8, 4) is 27.9 Å². The molecule has 0 fully saturated rings. The molecule has 52 heavy (non-hydrogen) atoms. The van der Waals surface area contributed by atoms with Gasteiger partial charge in [-0.3, -0.25) is 0 Å². The van der Waals surface area contributed by atoms with Gasteiger partial charge in [0.15, 0.2) is 0 Å². The number of fused-ring (bicyclic) bond motifs is 2. The van der Waals surface area contributed by atoms with Crippen LogP contribution in [-0.2, 0) is 0 Å². The van der Waals surface area contributed by atoms with E-state index in [1.54, 1.807) is 0 Å². The number of hydrogen-bond donors (Lipinski definition) is 0. The fourth-order valence-corrected chi connectivity index (χ4v) is 8.39. The first-order chi connectivity index (χ1) is 25.6. The summed E-state index contributed by atoms with van der Waals surface area (Å²) in [5.74, 6) is 0. The zero-order valence-electron chi connectivity index (χ0n) is 29.8. The van der Waals surface area contributed by atoms with Gasteiger partial charge in [-0.2, -0.15) is 0 Å². The van der Waals surface area contributed by atoms with Gasteiger partial charge in [-0.1, -0.05) is 116 Å². The highest BCUT2D eigenvalue weighted by Gasteiger charge is 2.18. The number of para-hydroxylation sites is 1. The maximum absolute atomic E-state index is 4.19. The van der Waals surface area contributed by atoms with Crippen LogP contribution in [-0.4, -0.2) is 4.57 Å². The molecule has 0 saturated carbocycles. The third-order valence-electron chi connectivity index (χ3n) is 9.76. The van der Waals surface area contributed by atoms with Gasteiger partial charge < -0.3 is 9.47 Å². The van der Waals surface area contributed by atoms with Crippen LogP contribution in [0.2, 0.25) is 0 Å². The molecule has 2 aromatic heterocycles. The normalized spacial score (nSPS) is 11.7. The summed E-state index contributed by atoms with van der Waals surface area (Å²) in [7, 11) is 0. The highest BCUT2D eigenvalue weighted by molar-refractivity contribution is 7.19. The standard InChI is InChI=1S/C49H40N2S/c1-5-14-43-34(4)52-49-31-30-42(33-46(43)49)50(39-26-22-36(23-27-39)35-16-9-8-10-17-35)41-19-13-18-38(32-41)37-24-28-40(29-25-37)51-47(7-3)44(15-6-2)45-20-11-12-21-48(45)51/h5-33H,3H2,1-2,4H3/b14-5-,15-6-. The average Bonchev–Trinajstić information content (AvgIpc) is 3.68. The molecule has 6 aromatic carbocycles. The van der Waals surface area contributed by atoms with Crippen molar-refractivity contribution in [2.75, 3.05) is 4.90 Å². The molecule has 0 saturated heterocycles. The quantitative estimate of drug-likeness (QED) is 0.147. The summed E-state index contributed by atoms with van der Waals surface area (Å²) >= 11 is 1.86. The topological polar surface area (TPSA) is 8.17 Å². The van der Waals surface area contributed by atoms with Gasteiger partial charge in [0.2, 0.25) is 0 Å². The molecule has 8 aromatic rings. The fraction of sp³-hybridized carbons (Fsp3) is 0.0612. The Labute approximate surface area is 310 Å². The summed E-state index contributed by atoms with van der Waals surface area (Å²) in [6.07, 6.45) is 10.6. The molecule has 0 unspecified atom stereocenters. The lowest BCUT2D eigenvalue weighted by Crippen LogP contribution is -2.10. The lowest BCUT2D eigenvalue weighted by atomic mass is 10.0. The summed E-state index contributed by atoms with van der Waals surface area (Å²) < 4.78 is 3.61. The molecule has 3 heteroatoms. The van der Waals surface area contributed by atoms with Crippen molar-refractivity contribution in [3.63, 3.8) is 0 Å². The van der Waals surface area contributed by atoms with Crippen molar-refractivity contribution in [3.05, 3.63) is 186 Å². The minimum atomic E-state index is 1.10. The molecule has 0 radical (unpaired) electrons. The minimum Gasteiger partial charge on any atom is -0.310 e. The minimum absolute atomic E-state index is 1.10. The Balaban J connectivity index is 1.22. The lowest BCUT2D eigenvalue weighted by molar-refractivity contribution is 1.11. The Morgan fingerprint density at radius 3 is 1.92 bits per heavy atom. The number of hydrogen-bond acceptors (Lipinski definition) is 2. The number of aromatic nitrogens is 1. The van der Waals surface area contributed by atoms with E-state index < -0.39 is 0 Å². The van der Waals surface area contributed by atoms with Crippen LogP contribution in [0.4, 0.5) is 17.1 Å². The lowest BCUT2D eigenvalue weighted by Gasteiger charge is -2.26. The third-order valence-corrected chi connectivity index (χ3v) is 10.9. The van der Waals surface area contributed by atoms with Crippen LogP contribution in [0.1, 0.15) is 35.5 Å². The molecule has 0 amide bonds. The molecule has 0 spiro atoms. The van der Waals surface area contributed by atoms with Crippen LogP contribution < -0.4 is 4.90 Å². The van der Waals surface area contributed by atoms with Crippen LogP contribution in [0.3, 0.4) is 0 Å². The largest absolute Gasteiger partial charge is 0.310 e. The average molecular weight is 689 g/mol. The van der Waals surface area contributed by atoms with Crippen LogP contribution in [0.5, 0.6) is 0 Å². The van der Waals surface area contributed by atoms with Crippen molar-refractivity contribution < 1.29 is 0 Å². The molecule has 252 valence electrons. The van der Waals surface area contributed by atoms with Gasteiger partial charge in [0.05, 0.1) is 11.2 Å². The molecule has 0 aliphatic rings. The molecule has 0 aliphatic carbocycles. The van der Waals surface area contributed by atoms with Crippen molar-refractivity contribution in [1.82, 2.24) is 4.57 Å². The maximum Gasteiger partial charge on any atom is 0.0541 e. The first-order valence-corrected chi connectivity index (χ1v) is 18.6. The van der Waals surface area contributed by atoms with Gasteiger partial charge in [0, 0.05) is 48.7 Å². The van der Waals surface area contributed by atoms with E-state index in [1.807, 2.05) is 17.4 Å². The molecule has 0 atom stereocenters. The monoisotopic (exact) mass is 688 g/mol. The van der Waals surface area contributed by atoms with Crippen molar-refractivity contribution in [2.45, 2.75) is 20.8 Å². The van der Waals surface area contributed by atoms with E-state index in [0.29, 0.717) is 0 Å². The van der Waals surface area contributed by atoms with Crippen LogP contribution >= 0.6 is 11.3 Å². The molecule has 0 bridgehead atoms. The van der Waals surface area contributed by atoms with Crippen molar-refractivity contribution in [2.24, 2.45) is 0 Å². The molecule has 8 rings (SSSR count). The van der Waals surface area contributed by atoms with Gasteiger partial charge in [0.1, 0.15) is 0 Å². The van der Waals surface area contributed by atoms with Gasteiger partial charge in [-0.25, -0.2) is 0 Å². The van der Waals surface area contributed by atoms with E-state index in [1.165, 1.54) is 48.1 Å². The number of rotatable bonds is 9. The third kappa shape index (κ3) is 6.00. The first kappa shape index (κ1) is 33.0. The van der Waals surface area contributed by atoms with Crippen molar-refractivity contribution >= 4 is 67.6 Å². The van der Waals surface area contributed by atoms with Crippen LogP contribution in [0.15, 0.2) is 164 Å². The number of anilines is 3. The van der Waals surface area contributed by atoms with E-state index in [4.69, 9.17) is 0 Å². The Bertz CT molecular complexity index is 2600. The number of nitrogens with zero attached hydrogens (tertiary/aromatic N) is 2. The van der Waals surface area contributed by atoms with Gasteiger partial charge in [-0.15, -0.1) is 11.3 Å². The van der Waals surface area contributed by atoms with E-state index in [2.05, 4.69) is 207 Å². The van der Waals surface area contributed by atoms with E-state index in [0.717, 1.165) is 39.6 Å². The summed E-state index contributed by atoms with van der Waals surface area (Å²) in [6.45, 7) is 10.6. The van der Waals surface area contributed by atoms with Gasteiger partial charge in [-0.05, 0) is 115 Å². The van der Waals surface area contributed by atoms with Crippen LogP contribution in [0.25, 0.3) is 67.2 Å². The van der Waals surface area contributed by atoms with E-state index in [-0.39, 0.29) is 0 Å². The van der Waals surface area contributed by atoms with E-state index >= 15 is 0 Å². The molecule has 0 aliphatic heterocycles. The Morgan fingerprint density at radius 2 is 1.17 bits per heavy atom. The second kappa shape index (κ2) is 14.2. The summed E-state index contributed by atoms with van der Waals surface area (Å²) in [5, 5.41) is 2.50. The first-order valence-electron chi connectivity index (χ1n) is 17.8. The predicted octanol–water partition coefficient (Wildman–Crippen LogP) is 14.7. The number of allylic oxidation sites excluding steroid dienone is 2. The molecular formula is C49H40N2S. The number of aryl methyl sites for hydroxylation is 1. The zero-order chi connectivity index (χ0) is 35.6. The predicted molar refractivity (Wildman–Crippen MR) is 228 cm³/mol. The smallest absolute Gasteiger partial charge is 0.0541 e. The summed E-state index contributed by atoms with van der Waals surface area (Å²) in [4.78, 5) is 3.71. The molecule has 2 heterocycles. The zero-order valence-corrected chi connectivity index (χ0v) is 30.6. The molecular weight excluding hydrogens is 649 g/mol. The summed E-state index contributed by atoms with van der Waals surface area (Å²) in [5.41, 5.74) is 13.9. The Morgan fingerprint density at radius 1 is 0.558 bits per heavy atom. The Kier molecular flexibility index (Phi) is 9.03. The highest BCUT2D eigenvalue weighted by atomic mass is 32.1. The SMILES string of the molecule is C=Cc1c(/C=C\C)c2ccccc2n1-c1ccc(-c2cccc(N(c3ccc(-c4ccccc4)cc3)c3ccc4sc(C)c(/C=C\C)c4c3)c2)cc1. The van der Waals surface area contributed by atoms with E-state index in [9.17, 15) is 0 Å². The van der Waals surface area contributed by atoms with Gasteiger partial charge in [0.25, 0.3) is 0 Å². The highest BCUT2D eigenvalue weighted by Crippen LogP contribution is 2.41. The molecule has 2 nitrogen and oxygen atoms in total. The number of benzene rings is 6. The van der Waals surface area contributed by atoms with Gasteiger partial charge >= 0.3 is 0 Å². The number of thiophene rings is 1. The van der Waals surface area contributed by atoms with Crippen LogP contribution in [0, 0.1) is 6.92 Å². The second-order valence-electron chi connectivity index (χ2n) is 13.0.